The zero-order valence-corrected chi connectivity index (χ0v) is 17.4. The van der Waals surface area contributed by atoms with Crippen LogP contribution in [0.3, 0.4) is 0 Å². The minimum absolute atomic E-state index is 0.261. The summed E-state index contributed by atoms with van der Waals surface area (Å²) in [5.41, 5.74) is 1.74. The molecule has 0 aromatic heterocycles. The molecule has 1 unspecified atom stereocenters. The third-order valence-corrected chi connectivity index (χ3v) is 4.31. The lowest BCUT2D eigenvalue weighted by molar-refractivity contribution is -0.138. The average molecular weight is 401 g/mol. The molecule has 0 aliphatic heterocycles. The van der Waals surface area contributed by atoms with Crippen LogP contribution in [0.2, 0.25) is 0 Å². The van der Waals surface area contributed by atoms with Gasteiger partial charge in [-0.1, -0.05) is 18.7 Å². The maximum absolute atomic E-state index is 12.4. The number of anilines is 1. The molecule has 1 N–H and O–H groups in total. The van der Waals surface area contributed by atoms with E-state index >= 15 is 0 Å². The fraction of sp³-hybridized carbons (Fsp3) is 0.318. The van der Waals surface area contributed by atoms with Crippen LogP contribution < -0.4 is 24.3 Å². The highest BCUT2D eigenvalue weighted by molar-refractivity contribution is 5.90. The highest BCUT2D eigenvalue weighted by atomic mass is 16.5. The molecular weight excluding hydrogens is 374 g/mol. The number of carbonyl (C=O) groups excluding carboxylic acids is 1. The summed E-state index contributed by atoms with van der Waals surface area (Å²) in [6.07, 6.45) is 0. The molecule has 0 saturated carbocycles. The lowest BCUT2D eigenvalue weighted by Gasteiger charge is -2.23. The summed E-state index contributed by atoms with van der Waals surface area (Å²) in [7, 11) is 6.22. The molecule has 2 rings (SSSR count). The van der Waals surface area contributed by atoms with E-state index in [0.717, 1.165) is 5.56 Å². The van der Waals surface area contributed by atoms with Crippen molar-refractivity contribution < 1.29 is 28.5 Å². The van der Waals surface area contributed by atoms with E-state index in [4.69, 9.17) is 23.7 Å². The Kier molecular flexibility index (Phi) is 7.77. The van der Waals surface area contributed by atoms with Crippen LogP contribution in [0.4, 0.5) is 5.69 Å². The number of methoxy groups -OCH3 is 4. The van der Waals surface area contributed by atoms with Gasteiger partial charge in [0.1, 0.15) is 5.75 Å². The molecule has 2 aromatic rings. The molecule has 0 fully saturated rings. The molecule has 29 heavy (non-hydrogen) atoms. The van der Waals surface area contributed by atoms with Crippen molar-refractivity contribution in [1.29, 1.82) is 0 Å². The average Bonchev–Trinajstić information content (AvgIpc) is 2.76. The second-order valence-corrected chi connectivity index (χ2v) is 6.01. The summed E-state index contributed by atoms with van der Waals surface area (Å²) < 4.78 is 26.5. The molecule has 7 heteroatoms. The monoisotopic (exact) mass is 401 g/mol. The summed E-state index contributed by atoms with van der Waals surface area (Å²) in [6, 6.07) is 10.3. The Morgan fingerprint density at radius 1 is 0.966 bits per heavy atom. The summed E-state index contributed by atoms with van der Waals surface area (Å²) in [4.78, 5) is 12.4. The van der Waals surface area contributed by atoms with Gasteiger partial charge >= 0.3 is 5.97 Å². The third-order valence-electron chi connectivity index (χ3n) is 4.31. The molecule has 2 aromatic carbocycles. The number of nitrogens with one attached hydrogen (secondary N) is 1. The molecule has 0 radical (unpaired) electrons. The Morgan fingerprint density at radius 3 is 2.00 bits per heavy atom. The molecule has 1 atom stereocenters. The van der Waals surface area contributed by atoms with Crippen LogP contribution >= 0.6 is 0 Å². The van der Waals surface area contributed by atoms with E-state index < -0.39 is 12.0 Å². The Morgan fingerprint density at radius 2 is 1.55 bits per heavy atom. The van der Waals surface area contributed by atoms with Crippen molar-refractivity contribution in [3.63, 3.8) is 0 Å². The third kappa shape index (κ3) is 5.13. The zero-order valence-electron chi connectivity index (χ0n) is 17.4. The summed E-state index contributed by atoms with van der Waals surface area (Å²) in [5.74, 6) is 1.69. The van der Waals surface area contributed by atoms with Gasteiger partial charge in [-0.25, -0.2) is 4.79 Å². The Balaban J connectivity index is 2.46. The van der Waals surface area contributed by atoms with Crippen molar-refractivity contribution >= 4 is 11.7 Å². The Labute approximate surface area is 171 Å². The van der Waals surface area contributed by atoms with E-state index in [1.165, 1.54) is 7.11 Å². The van der Waals surface area contributed by atoms with Crippen molar-refractivity contribution in [3.8, 4) is 23.0 Å². The predicted octanol–water partition coefficient (Wildman–Crippen LogP) is 3.99. The van der Waals surface area contributed by atoms with E-state index in [2.05, 4.69) is 11.9 Å². The predicted molar refractivity (Wildman–Crippen MR) is 111 cm³/mol. The van der Waals surface area contributed by atoms with Crippen molar-refractivity contribution in [1.82, 2.24) is 0 Å². The zero-order chi connectivity index (χ0) is 21.4. The molecule has 7 nitrogen and oxygen atoms in total. The maximum Gasteiger partial charge on any atom is 0.335 e. The molecule has 0 bridgehead atoms. The van der Waals surface area contributed by atoms with Crippen molar-refractivity contribution in [2.24, 2.45) is 0 Å². The smallest absolute Gasteiger partial charge is 0.335 e. The second kappa shape index (κ2) is 10.3. The maximum atomic E-state index is 12.4. The van der Waals surface area contributed by atoms with Crippen LogP contribution in [-0.2, 0) is 9.53 Å². The molecule has 0 spiro atoms. The first-order chi connectivity index (χ1) is 14.0. The van der Waals surface area contributed by atoms with E-state index in [-0.39, 0.29) is 12.2 Å². The van der Waals surface area contributed by atoms with Crippen LogP contribution in [0, 0.1) is 0 Å². The van der Waals surface area contributed by atoms with Crippen LogP contribution in [0.5, 0.6) is 23.0 Å². The molecule has 0 aliphatic carbocycles. The normalized spacial score (nSPS) is 11.2. The van der Waals surface area contributed by atoms with Crippen molar-refractivity contribution in [2.75, 3.05) is 40.4 Å². The first-order valence-corrected chi connectivity index (χ1v) is 9.05. The summed E-state index contributed by atoms with van der Waals surface area (Å²) >= 11 is 0. The highest BCUT2D eigenvalue weighted by Crippen LogP contribution is 2.41. The number of hydrogen-bond acceptors (Lipinski definition) is 7. The Hall–Kier alpha value is -3.35. The van der Waals surface area contributed by atoms with Gasteiger partial charge in [-0.2, -0.15) is 0 Å². The number of carbonyl (C=O) groups is 1. The molecular formula is C22H27NO6. The first kappa shape index (κ1) is 21.9. The molecule has 0 aliphatic rings. The van der Waals surface area contributed by atoms with E-state index in [9.17, 15) is 4.79 Å². The van der Waals surface area contributed by atoms with Gasteiger partial charge in [-0.3, -0.25) is 0 Å². The lowest BCUT2D eigenvalue weighted by Crippen LogP contribution is -2.20. The second-order valence-electron chi connectivity index (χ2n) is 6.01. The standard InChI is InChI=1S/C22H27NO6/c1-7-29-22(24)14(2)20(15-8-10-17(25-3)11-9-15)23-16-12-18(26-4)21(28-6)19(13-16)27-5/h8-13,20,23H,2,7H2,1,3-6H3. The van der Waals surface area contributed by atoms with E-state index in [1.54, 1.807) is 40.4 Å². The fourth-order valence-electron chi connectivity index (χ4n) is 2.84. The fourth-order valence-corrected chi connectivity index (χ4v) is 2.84. The van der Waals surface area contributed by atoms with Gasteiger partial charge in [0, 0.05) is 17.8 Å². The number of rotatable bonds is 10. The highest BCUT2D eigenvalue weighted by Gasteiger charge is 2.23. The van der Waals surface area contributed by atoms with Gasteiger partial charge < -0.3 is 29.0 Å². The quantitative estimate of drug-likeness (QED) is 0.476. The first-order valence-electron chi connectivity index (χ1n) is 9.05. The van der Waals surface area contributed by atoms with Crippen molar-refractivity contribution in [2.45, 2.75) is 13.0 Å². The molecule has 0 heterocycles. The number of ether oxygens (including phenoxy) is 5. The summed E-state index contributed by atoms with van der Waals surface area (Å²) in [5, 5.41) is 3.32. The van der Waals surface area contributed by atoms with Gasteiger partial charge in [0.15, 0.2) is 11.5 Å². The minimum atomic E-state index is -0.539. The molecule has 0 saturated heterocycles. The number of hydrogen-bond donors (Lipinski definition) is 1. The summed E-state index contributed by atoms with van der Waals surface area (Å²) in [6.45, 7) is 5.96. The van der Waals surface area contributed by atoms with E-state index in [0.29, 0.717) is 28.7 Å². The van der Waals surface area contributed by atoms with Crippen LogP contribution in [0.1, 0.15) is 18.5 Å². The van der Waals surface area contributed by atoms with Gasteiger partial charge in [0.05, 0.1) is 46.7 Å². The Bertz CT molecular complexity index is 822. The molecule has 0 amide bonds. The van der Waals surface area contributed by atoms with Crippen molar-refractivity contribution in [3.05, 3.63) is 54.1 Å². The number of esters is 1. The van der Waals surface area contributed by atoms with Gasteiger partial charge in [0.2, 0.25) is 5.75 Å². The topological polar surface area (TPSA) is 75.3 Å². The van der Waals surface area contributed by atoms with Crippen LogP contribution in [0.25, 0.3) is 0 Å². The largest absolute Gasteiger partial charge is 0.497 e. The lowest BCUT2D eigenvalue weighted by atomic mass is 9.99. The number of benzene rings is 2. The van der Waals surface area contributed by atoms with E-state index in [1.807, 2.05) is 24.3 Å². The molecule has 156 valence electrons. The van der Waals surface area contributed by atoms with Gasteiger partial charge in [-0.05, 0) is 24.6 Å². The SMILES string of the molecule is C=C(C(=O)OCC)C(Nc1cc(OC)c(OC)c(OC)c1)c1ccc(OC)cc1. The van der Waals surface area contributed by atoms with Gasteiger partial charge in [0.25, 0.3) is 0 Å². The van der Waals surface area contributed by atoms with Gasteiger partial charge in [-0.15, -0.1) is 0 Å². The minimum Gasteiger partial charge on any atom is -0.497 e. The van der Waals surface area contributed by atoms with Crippen LogP contribution in [-0.4, -0.2) is 41.0 Å². The van der Waals surface area contributed by atoms with Crippen LogP contribution in [0.15, 0.2) is 48.6 Å².